The molecule has 0 aromatic heterocycles. The minimum absolute atomic E-state index is 0.696. The first kappa shape index (κ1) is 14.9. The van der Waals surface area contributed by atoms with E-state index in [9.17, 15) is 0 Å². The van der Waals surface area contributed by atoms with Gasteiger partial charge in [-0.05, 0) is 31.5 Å². The molecule has 0 atom stereocenters. The number of piperidine rings is 1. The summed E-state index contributed by atoms with van der Waals surface area (Å²) in [6, 6.07) is 11.4. The fourth-order valence-corrected chi connectivity index (χ4v) is 5.24. The lowest BCUT2D eigenvalue weighted by Crippen LogP contribution is -2.45. The van der Waals surface area contributed by atoms with E-state index < -0.39 is 0 Å². The van der Waals surface area contributed by atoms with Gasteiger partial charge in [0.2, 0.25) is 0 Å². The molecule has 0 radical (unpaired) electrons. The number of hydrazine groups is 1. The summed E-state index contributed by atoms with van der Waals surface area (Å²) in [4.78, 5) is 2.59. The lowest BCUT2D eigenvalue weighted by molar-refractivity contribution is -0.0363. The molecule has 2 bridgehead atoms. The number of fused-ring (bicyclic) bond motifs is 4. The zero-order valence-corrected chi connectivity index (χ0v) is 14.4. The monoisotopic (exact) mass is 334 g/mol. The quantitative estimate of drug-likeness (QED) is 0.845. The van der Waals surface area contributed by atoms with Gasteiger partial charge in [-0.1, -0.05) is 53.9 Å². The molecule has 0 amide bonds. The van der Waals surface area contributed by atoms with Crippen LogP contribution in [0.3, 0.4) is 0 Å². The van der Waals surface area contributed by atoms with Gasteiger partial charge in [0.05, 0.1) is 0 Å². The molecule has 6 heteroatoms. The Hall–Kier alpha value is -0.690. The Kier molecular flexibility index (Phi) is 4.61. The molecule has 1 aromatic carbocycles. The van der Waals surface area contributed by atoms with Crippen LogP contribution in [0, 0.1) is 0 Å². The van der Waals surface area contributed by atoms with Crippen molar-refractivity contribution in [3.05, 3.63) is 35.9 Å². The van der Waals surface area contributed by atoms with Crippen molar-refractivity contribution in [3.8, 4) is 0 Å². The Bertz CT molecular complexity index is 528. The number of hydrogen-bond acceptors (Lipinski definition) is 6. The Balaban J connectivity index is 1.37. The Morgan fingerprint density at radius 1 is 1.09 bits per heavy atom. The van der Waals surface area contributed by atoms with Crippen LogP contribution in [-0.4, -0.2) is 57.5 Å². The summed E-state index contributed by atoms with van der Waals surface area (Å²) >= 11 is 3.74. The van der Waals surface area contributed by atoms with Gasteiger partial charge < -0.3 is 4.90 Å². The summed E-state index contributed by atoms with van der Waals surface area (Å²) in [5.41, 5.74) is 1.37. The Morgan fingerprint density at radius 2 is 1.91 bits per heavy atom. The molecular weight excluding hydrogens is 312 g/mol. The smallest absolute Gasteiger partial charge is 0.153 e. The lowest BCUT2D eigenvalue weighted by atomic mass is 10.1. The molecule has 4 aliphatic heterocycles. The van der Waals surface area contributed by atoms with Crippen LogP contribution in [0.5, 0.6) is 0 Å². The van der Waals surface area contributed by atoms with Crippen molar-refractivity contribution in [2.24, 2.45) is 5.10 Å². The minimum atomic E-state index is 0.696. The van der Waals surface area contributed by atoms with Gasteiger partial charge >= 0.3 is 0 Å². The highest BCUT2D eigenvalue weighted by molar-refractivity contribution is 8.38. The van der Waals surface area contributed by atoms with Crippen LogP contribution in [0.2, 0.25) is 0 Å². The van der Waals surface area contributed by atoms with Crippen LogP contribution >= 0.6 is 23.5 Å². The summed E-state index contributed by atoms with van der Waals surface area (Å²) in [6.45, 7) is 4.86. The second-order valence-corrected chi connectivity index (χ2v) is 8.18. The maximum atomic E-state index is 4.87. The molecule has 4 aliphatic rings. The average Bonchev–Trinajstić information content (AvgIpc) is 2.84. The van der Waals surface area contributed by atoms with Gasteiger partial charge in [0.25, 0.3) is 0 Å². The predicted molar refractivity (Wildman–Crippen MR) is 95.6 cm³/mol. The van der Waals surface area contributed by atoms with Gasteiger partial charge in [-0.3, -0.25) is 0 Å². The number of thioether (sulfide) groups is 2. The summed E-state index contributed by atoms with van der Waals surface area (Å²) in [6.07, 6.45) is 2.59. The fourth-order valence-electron chi connectivity index (χ4n) is 3.36. The summed E-state index contributed by atoms with van der Waals surface area (Å²) in [5, 5.41) is 9.63. The third-order valence-corrected chi connectivity index (χ3v) is 6.83. The number of rotatable bonds is 3. The maximum absolute atomic E-state index is 4.87. The van der Waals surface area contributed by atoms with E-state index in [0.717, 1.165) is 18.2 Å². The highest BCUT2D eigenvalue weighted by atomic mass is 32.2. The summed E-state index contributed by atoms with van der Waals surface area (Å²) in [7, 11) is 0. The lowest BCUT2D eigenvalue weighted by Gasteiger charge is -2.35. The zero-order valence-electron chi connectivity index (χ0n) is 12.7. The summed E-state index contributed by atoms with van der Waals surface area (Å²) in [5.74, 6) is 1.99. The highest BCUT2D eigenvalue weighted by Gasteiger charge is 2.33. The molecule has 0 unspecified atom stereocenters. The van der Waals surface area contributed by atoms with Crippen molar-refractivity contribution >= 4 is 27.9 Å². The van der Waals surface area contributed by atoms with E-state index in [2.05, 4.69) is 45.4 Å². The summed E-state index contributed by atoms with van der Waals surface area (Å²) < 4.78 is 1.21. The maximum Gasteiger partial charge on any atom is 0.153 e. The Morgan fingerprint density at radius 3 is 2.73 bits per heavy atom. The van der Waals surface area contributed by atoms with Crippen molar-refractivity contribution in [2.45, 2.75) is 24.6 Å². The number of hydrazone groups is 1. The van der Waals surface area contributed by atoms with Crippen LogP contribution in [0.25, 0.3) is 0 Å². The largest absolute Gasteiger partial charge is 0.302 e. The van der Waals surface area contributed by atoms with Gasteiger partial charge in [0, 0.05) is 24.9 Å². The van der Waals surface area contributed by atoms with Gasteiger partial charge in [0.1, 0.15) is 5.88 Å². The number of benzene rings is 1. The van der Waals surface area contributed by atoms with Crippen molar-refractivity contribution in [2.75, 3.05) is 32.1 Å². The van der Waals surface area contributed by atoms with Crippen molar-refractivity contribution in [3.63, 3.8) is 0 Å². The molecular formula is C16H22N4S2. The Labute approximate surface area is 140 Å². The van der Waals surface area contributed by atoms with E-state index >= 15 is 0 Å². The molecule has 0 saturated carbocycles. The van der Waals surface area contributed by atoms with E-state index in [-0.39, 0.29) is 0 Å². The molecule has 22 heavy (non-hydrogen) atoms. The molecule has 0 N–H and O–H groups in total. The second kappa shape index (κ2) is 6.83. The fraction of sp³-hybridized carbons (Fsp3) is 0.562. The zero-order chi connectivity index (χ0) is 14.8. The average molecular weight is 335 g/mol. The van der Waals surface area contributed by atoms with Crippen molar-refractivity contribution in [1.82, 2.24) is 15.0 Å². The van der Waals surface area contributed by atoms with Crippen molar-refractivity contribution in [1.29, 1.82) is 0 Å². The molecule has 118 valence electrons. The number of hydrogen-bond donors (Lipinski definition) is 0. The van der Waals surface area contributed by atoms with E-state index in [4.69, 9.17) is 5.10 Å². The SMILES string of the molecule is c1ccc(CSC2=NN(N3CCN4CCC3CC4)CS2)cc1. The second-order valence-electron chi connectivity index (χ2n) is 6.02. The van der Waals surface area contributed by atoms with Gasteiger partial charge in [-0.25, -0.2) is 5.12 Å². The van der Waals surface area contributed by atoms with E-state index in [0.29, 0.717) is 6.04 Å². The van der Waals surface area contributed by atoms with Crippen LogP contribution in [-0.2, 0) is 5.75 Å². The standard InChI is InChI=1S/C16H22N4S2/c1-2-4-14(5-3-1)12-21-16-17-20(13-22-16)19-11-10-18-8-6-15(19)7-9-18/h1-5,15H,6-13H2. The van der Waals surface area contributed by atoms with E-state index in [1.165, 1.54) is 42.4 Å². The molecule has 1 aromatic rings. The molecule has 0 aliphatic carbocycles. The molecule has 4 nitrogen and oxygen atoms in total. The molecule has 3 saturated heterocycles. The normalized spacial score (nSPS) is 28.7. The number of nitrogens with zero attached hydrogens (tertiary/aromatic N) is 4. The van der Waals surface area contributed by atoms with E-state index in [1.54, 1.807) is 0 Å². The predicted octanol–water partition coefficient (Wildman–Crippen LogP) is 2.89. The molecule has 4 heterocycles. The molecule has 0 spiro atoms. The van der Waals surface area contributed by atoms with Gasteiger partial charge in [0.15, 0.2) is 4.38 Å². The third kappa shape index (κ3) is 3.30. The van der Waals surface area contributed by atoms with Crippen LogP contribution < -0.4 is 0 Å². The van der Waals surface area contributed by atoms with Crippen LogP contribution in [0.15, 0.2) is 35.4 Å². The minimum Gasteiger partial charge on any atom is -0.302 e. The van der Waals surface area contributed by atoms with Crippen LogP contribution in [0.4, 0.5) is 0 Å². The highest BCUT2D eigenvalue weighted by Crippen LogP contribution is 2.31. The van der Waals surface area contributed by atoms with Crippen LogP contribution in [0.1, 0.15) is 18.4 Å². The topological polar surface area (TPSA) is 22.1 Å². The van der Waals surface area contributed by atoms with Gasteiger partial charge in [-0.15, -0.1) is 5.10 Å². The van der Waals surface area contributed by atoms with E-state index in [1.807, 2.05) is 23.5 Å². The first-order chi connectivity index (χ1) is 10.9. The molecule has 5 rings (SSSR count). The van der Waals surface area contributed by atoms with Gasteiger partial charge in [-0.2, -0.15) is 5.01 Å². The van der Waals surface area contributed by atoms with Crippen molar-refractivity contribution < 1.29 is 0 Å². The first-order valence-electron chi connectivity index (χ1n) is 8.03. The third-order valence-electron chi connectivity index (χ3n) is 4.63. The molecule has 3 fully saturated rings. The first-order valence-corrected chi connectivity index (χ1v) is 10.0.